The van der Waals surface area contributed by atoms with E-state index in [-0.39, 0.29) is 5.92 Å². The van der Waals surface area contributed by atoms with Crippen LogP contribution in [0.5, 0.6) is 0 Å². The summed E-state index contributed by atoms with van der Waals surface area (Å²) < 4.78 is 24.3. The highest BCUT2D eigenvalue weighted by Gasteiger charge is 2.23. The Kier molecular flexibility index (Phi) is 4.34. The molecule has 6 heteroatoms. The van der Waals surface area contributed by atoms with Crippen LogP contribution in [0.15, 0.2) is 24.3 Å². The molecule has 0 fully saturated rings. The number of carboxylic acids is 1. The van der Waals surface area contributed by atoms with Crippen LogP contribution in [0.3, 0.4) is 0 Å². The molecule has 0 atom stereocenters. The second-order valence-electron chi connectivity index (χ2n) is 4.38. The Morgan fingerprint density at radius 3 is 2.33 bits per heavy atom. The van der Waals surface area contributed by atoms with Gasteiger partial charge >= 0.3 is 5.97 Å². The monoisotopic (exact) mass is 271 g/mol. The van der Waals surface area contributed by atoms with Gasteiger partial charge in [-0.1, -0.05) is 32.0 Å². The van der Waals surface area contributed by atoms with Crippen molar-refractivity contribution in [2.24, 2.45) is 0 Å². The Labute approximate surface area is 107 Å². The molecule has 0 amide bonds. The van der Waals surface area contributed by atoms with Crippen molar-refractivity contribution in [2.75, 3.05) is 17.1 Å². The van der Waals surface area contributed by atoms with Crippen molar-refractivity contribution in [3.05, 3.63) is 29.8 Å². The first-order valence-electron chi connectivity index (χ1n) is 5.52. The summed E-state index contributed by atoms with van der Waals surface area (Å²) >= 11 is 0. The minimum absolute atomic E-state index is 0.110. The number of hydrogen-bond donors (Lipinski definition) is 1. The van der Waals surface area contributed by atoms with E-state index in [4.69, 9.17) is 5.11 Å². The molecule has 5 nitrogen and oxygen atoms in total. The number of benzene rings is 1. The Morgan fingerprint density at radius 1 is 1.33 bits per heavy atom. The average Bonchev–Trinajstić information content (AvgIpc) is 2.24. The molecule has 0 bridgehead atoms. The smallest absolute Gasteiger partial charge is 0.324 e. The van der Waals surface area contributed by atoms with E-state index in [1.807, 2.05) is 13.8 Å². The number of carbonyl (C=O) groups is 1. The van der Waals surface area contributed by atoms with E-state index in [0.29, 0.717) is 5.69 Å². The zero-order chi connectivity index (χ0) is 13.9. The van der Waals surface area contributed by atoms with Crippen molar-refractivity contribution in [3.8, 4) is 0 Å². The van der Waals surface area contributed by atoms with E-state index in [2.05, 4.69) is 0 Å². The number of hydrogen-bond acceptors (Lipinski definition) is 3. The molecule has 0 saturated heterocycles. The van der Waals surface area contributed by atoms with E-state index < -0.39 is 22.5 Å². The topological polar surface area (TPSA) is 74.7 Å². The second kappa shape index (κ2) is 5.39. The van der Waals surface area contributed by atoms with Gasteiger partial charge in [-0.3, -0.25) is 9.10 Å². The van der Waals surface area contributed by atoms with Gasteiger partial charge in [0.15, 0.2) is 0 Å². The van der Waals surface area contributed by atoms with Gasteiger partial charge in [-0.05, 0) is 17.5 Å². The summed E-state index contributed by atoms with van der Waals surface area (Å²) in [6.45, 7) is 3.29. The molecule has 100 valence electrons. The number of aliphatic carboxylic acids is 1. The molecular formula is C12H17NO4S. The van der Waals surface area contributed by atoms with Crippen LogP contribution in [0.1, 0.15) is 25.3 Å². The Hall–Kier alpha value is -1.56. The number of anilines is 1. The first-order chi connectivity index (χ1) is 8.23. The van der Waals surface area contributed by atoms with Crippen LogP contribution >= 0.6 is 0 Å². The second-order valence-corrected chi connectivity index (χ2v) is 6.28. The third-order valence-corrected chi connectivity index (χ3v) is 3.63. The highest BCUT2D eigenvalue weighted by molar-refractivity contribution is 7.92. The van der Waals surface area contributed by atoms with Crippen molar-refractivity contribution in [1.29, 1.82) is 0 Å². The largest absolute Gasteiger partial charge is 0.480 e. The number of sulfonamides is 1. The van der Waals surface area contributed by atoms with Gasteiger partial charge in [0, 0.05) is 0 Å². The fourth-order valence-corrected chi connectivity index (χ4v) is 2.58. The van der Waals surface area contributed by atoms with Gasteiger partial charge in [-0.25, -0.2) is 8.42 Å². The number of nitrogens with zero attached hydrogens (tertiary/aromatic N) is 1. The minimum atomic E-state index is -3.62. The molecule has 0 heterocycles. The summed E-state index contributed by atoms with van der Waals surface area (Å²) in [6.07, 6.45) is 1.01. The van der Waals surface area contributed by atoms with Crippen LogP contribution in [-0.4, -0.2) is 32.3 Å². The van der Waals surface area contributed by atoms with Crippen molar-refractivity contribution in [1.82, 2.24) is 0 Å². The summed E-state index contributed by atoms with van der Waals surface area (Å²) in [5, 5.41) is 8.83. The van der Waals surface area contributed by atoms with Crippen molar-refractivity contribution < 1.29 is 18.3 Å². The molecule has 1 aromatic carbocycles. The lowest BCUT2D eigenvalue weighted by molar-refractivity contribution is -0.135. The predicted octanol–water partition coefficient (Wildman–Crippen LogP) is 1.66. The maximum absolute atomic E-state index is 11.7. The molecule has 0 aliphatic rings. The summed E-state index contributed by atoms with van der Waals surface area (Å²) in [7, 11) is -3.62. The van der Waals surface area contributed by atoms with E-state index in [1.165, 1.54) is 0 Å². The number of para-hydroxylation sites is 1. The van der Waals surface area contributed by atoms with Gasteiger partial charge in [0.1, 0.15) is 6.54 Å². The van der Waals surface area contributed by atoms with Crippen LogP contribution in [0.25, 0.3) is 0 Å². The van der Waals surface area contributed by atoms with Gasteiger partial charge in [-0.15, -0.1) is 0 Å². The zero-order valence-electron chi connectivity index (χ0n) is 10.6. The summed E-state index contributed by atoms with van der Waals surface area (Å²) in [5.74, 6) is -1.07. The first-order valence-corrected chi connectivity index (χ1v) is 7.36. The fraction of sp³-hybridized carbons (Fsp3) is 0.417. The van der Waals surface area contributed by atoms with Gasteiger partial charge < -0.3 is 5.11 Å². The van der Waals surface area contributed by atoms with Crippen LogP contribution in [-0.2, 0) is 14.8 Å². The molecule has 0 spiro atoms. The average molecular weight is 271 g/mol. The Balaban J connectivity index is 3.34. The quantitative estimate of drug-likeness (QED) is 0.883. The lowest BCUT2D eigenvalue weighted by Crippen LogP contribution is -2.35. The fourth-order valence-electron chi connectivity index (χ4n) is 1.71. The summed E-state index contributed by atoms with van der Waals surface area (Å²) in [5.41, 5.74) is 1.24. The van der Waals surface area contributed by atoms with Crippen LogP contribution in [0, 0.1) is 0 Å². The third-order valence-electron chi connectivity index (χ3n) is 2.51. The SMILES string of the molecule is CC(C)c1ccccc1N(CC(=O)O)S(C)(=O)=O. The van der Waals surface area contributed by atoms with E-state index in [1.54, 1.807) is 24.3 Å². The molecule has 1 N–H and O–H groups in total. The molecule has 0 aromatic heterocycles. The Morgan fingerprint density at radius 2 is 1.89 bits per heavy atom. The number of rotatable bonds is 5. The van der Waals surface area contributed by atoms with Crippen LogP contribution in [0.4, 0.5) is 5.69 Å². The lowest BCUT2D eigenvalue weighted by atomic mass is 10.0. The zero-order valence-corrected chi connectivity index (χ0v) is 11.4. The molecule has 1 aromatic rings. The van der Waals surface area contributed by atoms with Gasteiger partial charge in [0.25, 0.3) is 0 Å². The molecule has 0 unspecified atom stereocenters. The molecular weight excluding hydrogens is 254 g/mol. The first kappa shape index (κ1) is 14.5. The lowest BCUT2D eigenvalue weighted by Gasteiger charge is -2.24. The Bertz CT molecular complexity index is 537. The van der Waals surface area contributed by atoms with Gasteiger partial charge in [0.2, 0.25) is 10.0 Å². The number of carboxylic acid groups (broad SMARTS) is 1. The van der Waals surface area contributed by atoms with Gasteiger partial charge in [-0.2, -0.15) is 0 Å². The molecule has 0 aliphatic heterocycles. The minimum Gasteiger partial charge on any atom is -0.480 e. The third kappa shape index (κ3) is 3.46. The molecule has 0 radical (unpaired) electrons. The normalized spacial score (nSPS) is 11.6. The molecule has 18 heavy (non-hydrogen) atoms. The highest BCUT2D eigenvalue weighted by atomic mass is 32.2. The van der Waals surface area contributed by atoms with Crippen molar-refractivity contribution in [2.45, 2.75) is 19.8 Å². The maximum Gasteiger partial charge on any atom is 0.324 e. The summed E-state index contributed by atoms with van der Waals surface area (Å²) in [4.78, 5) is 10.8. The van der Waals surface area contributed by atoms with E-state index >= 15 is 0 Å². The predicted molar refractivity (Wildman–Crippen MR) is 70.4 cm³/mol. The van der Waals surface area contributed by atoms with E-state index in [9.17, 15) is 13.2 Å². The van der Waals surface area contributed by atoms with Crippen molar-refractivity contribution in [3.63, 3.8) is 0 Å². The molecule has 1 rings (SSSR count). The molecule has 0 saturated carbocycles. The van der Waals surface area contributed by atoms with Crippen LogP contribution in [0.2, 0.25) is 0 Å². The summed E-state index contributed by atoms with van der Waals surface area (Å²) in [6, 6.07) is 6.93. The van der Waals surface area contributed by atoms with Crippen molar-refractivity contribution >= 4 is 21.7 Å². The van der Waals surface area contributed by atoms with Gasteiger partial charge in [0.05, 0.1) is 11.9 Å². The maximum atomic E-state index is 11.7. The van der Waals surface area contributed by atoms with E-state index in [0.717, 1.165) is 16.1 Å². The molecule has 0 aliphatic carbocycles. The standard InChI is InChI=1S/C12H17NO4S/c1-9(2)10-6-4-5-7-11(10)13(8-12(14)15)18(3,16)17/h4-7,9H,8H2,1-3H3,(H,14,15). The van der Waals surface area contributed by atoms with Crippen LogP contribution < -0.4 is 4.31 Å². The highest BCUT2D eigenvalue weighted by Crippen LogP contribution is 2.28.